The van der Waals surface area contributed by atoms with E-state index in [4.69, 9.17) is 5.73 Å². The highest BCUT2D eigenvalue weighted by atomic mass is 16.3. The Bertz CT molecular complexity index is 540. The third-order valence-electron chi connectivity index (χ3n) is 2.60. The van der Waals surface area contributed by atoms with Crippen LogP contribution in [0, 0.1) is 0 Å². The van der Waals surface area contributed by atoms with E-state index < -0.39 is 5.91 Å². The summed E-state index contributed by atoms with van der Waals surface area (Å²) in [6.45, 7) is -0.162. The summed E-state index contributed by atoms with van der Waals surface area (Å²) in [7, 11) is 0. The molecule has 0 radical (unpaired) electrons. The maximum Gasteiger partial charge on any atom is 0.288 e. The third-order valence-corrected chi connectivity index (χ3v) is 2.60. The Morgan fingerprint density at radius 3 is 2.74 bits per heavy atom. The highest BCUT2D eigenvalue weighted by Crippen LogP contribution is 2.03. The van der Waals surface area contributed by atoms with E-state index in [1.165, 1.54) is 0 Å². The summed E-state index contributed by atoms with van der Waals surface area (Å²) in [5.74, 6) is -0.406. The number of aromatic nitrogens is 3. The van der Waals surface area contributed by atoms with Crippen molar-refractivity contribution in [2.24, 2.45) is 0 Å². The van der Waals surface area contributed by atoms with Gasteiger partial charge in [-0.05, 0) is 12.0 Å². The van der Waals surface area contributed by atoms with E-state index in [2.05, 4.69) is 20.5 Å². The maximum atomic E-state index is 11.8. The topological polar surface area (TPSA) is 117 Å². The molecule has 7 heteroatoms. The van der Waals surface area contributed by atoms with Crippen molar-refractivity contribution in [3.8, 4) is 0 Å². The summed E-state index contributed by atoms with van der Waals surface area (Å²) < 4.78 is 0. The number of H-pyrrole nitrogens is 1. The minimum Gasteiger partial charge on any atom is -0.394 e. The van der Waals surface area contributed by atoms with E-state index in [0.717, 1.165) is 5.56 Å². The number of hydrogen-bond acceptors (Lipinski definition) is 5. The van der Waals surface area contributed by atoms with Crippen LogP contribution >= 0.6 is 0 Å². The van der Waals surface area contributed by atoms with Crippen molar-refractivity contribution >= 4 is 11.9 Å². The van der Waals surface area contributed by atoms with Crippen LogP contribution < -0.4 is 11.1 Å². The second-order valence-corrected chi connectivity index (χ2v) is 4.08. The molecule has 1 aromatic heterocycles. The van der Waals surface area contributed by atoms with Crippen LogP contribution in [0.5, 0.6) is 0 Å². The van der Waals surface area contributed by atoms with Crippen LogP contribution in [0.15, 0.2) is 30.3 Å². The van der Waals surface area contributed by atoms with Crippen molar-refractivity contribution < 1.29 is 9.90 Å². The Morgan fingerprint density at radius 1 is 1.42 bits per heavy atom. The Labute approximate surface area is 109 Å². The minimum absolute atomic E-state index is 0.00811. The second kappa shape index (κ2) is 5.96. The number of nitrogens with zero attached hydrogens (tertiary/aromatic N) is 2. The lowest BCUT2D eigenvalue weighted by atomic mass is 10.1. The first kappa shape index (κ1) is 13.0. The standard InChI is InChI=1S/C12H15N5O2/c13-12-15-10(16-17-12)11(19)14-9(7-18)6-8-4-2-1-3-5-8/h1-5,9,18H,6-7H2,(H,14,19)(H3,13,15,16,17)/t9-/m1/s1. The molecule has 0 aliphatic carbocycles. The monoisotopic (exact) mass is 261 g/mol. The van der Waals surface area contributed by atoms with Crippen LogP contribution in [0.1, 0.15) is 16.2 Å². The maximum absolute atomic E-state index is 11.8. The van der Waals surface area contributed by atoms with Crippen molar-refractivity contribution in [3.63, 3.8) is 0 Å². The first-order valence-electron chi connectivity index (χ1n) is 5.82. The molecule has 0 saturated heterocycles. The van der Waals surface area contributed by atoms with Crippen LogP contribution in [0.25, 0.3) is 0 Å². The molecule has 0 saturated carbocycles. The summed E-state index contributed by atoms with van der Waals surface area (Å²) in [5.41, 5.74) is 6.35. The number of aliphatic hydroxyl groups excluding tert-OH is 1. The molecule has 0 bridgehead atoms. The summed E-state index contributed by atoms with van der Waals surface area (Å²) in [6, 6.07) is 9.20. The molecule has 1 amide bonds. The average molecular weight is 261 g/mol. The fourth-order valence-electron chi connectivity index (χ4n) is 1.69. The molecule has 2 rings (SSSR count). The molecule has 100 valence electrons. The Hall–Kier alpha value is -2.41. The minimum atomic E-state index is -0.445. The smallest absolute Gasteiger partial charge is 0.288 e. The number of rotatable bonds is 5. The Balaban J connectivity index is 1.97. The van der Waals surface area contributed by atoms with Gasteiger partial charge in [0.2, 0.25) is 11.8 Å². The average Bonchev–Trinajstić information content (AvgIpc) is 2.86. The fraction of sp³-hybridized carbons (Fsp3) is 0.250. The number of aliphatic hydroxyl groups is 1. The van der Waals surface area contributed by atoms with Gasteiger partial charge in [0, 0.05) is 0 Å². The lowest BCUT2D eigenvalue weighted by Crippen LogP contribution is -2.39. The third kappa shape index (κ3) is 3.52. The van der Waals surface area contributed by atoms with Gasteiger partial charge in [-0.1, -0.05) is 30.3 Å². The van der Waals surface area contributed by atoms with Crippen LogP contribution in [0.4, 0.5) is 5.95 Å². The first-order valence-corrected chi connectivity index (χ1v) is 5.82. The lowest BCUT2D eigenvalue weighted by Gasteiger charge is -2.15. The van der Waals surface area contributed by atoms with Crippen molar-refractivity contribution in [1.82, 2.24) is 20.5 Å². The number of nitrogens with two attached hydrogens (primary N) is 1. The van der Waals surface area contributed by atoms with Gasteiger partial charge in [-0.15, -0.1) is 5.10 Å². The highest BCUT2D eigenvalue weighted by molar-refractivity contribution is 5.90. The number of hydrogen-bond donors (Lipinski definition) is 4. The van der Waals surface area contributed by atoms with Gasteiger partial charge < -0.3 is 16.2 Å². The number of carbonyl (C=O) groups excluding carboxylic acids is 1. The van der Waals surface area contributed by atoms with E-state index in [1.54, 1.807) is 0 Å². The fourth-order valence-corrected chi connectivity index (χ4v) is 1.69. The van der Waals surface area contributed by atoms with Gasteiger partial charge >= 0.3 is 0 Å². The molecule has 0 aliphatic rings. The number of amides is 1. The number of carbonyl (C=O) groups is 1. The molecule has 0 unspecified atom stereocenters. The van der Waals surface area contributed by atoms with Gasteiger partial charge in [-0.25, -0.2) is 0 Å². The molecule has 0 aliphatic heterocycles. The van der Waals surface area contributed by atoms with Gasteiger partial charge in [0.25, 0.3) is 5.91 Å². The lowest BCUT2D eigenvalue weighted by molar-refractivity contribution is 0.0906. The van der Waals surface area contributed by atoms with Gasteiger partial charge in [0.1, 0.15) is 0 Å². The molecular formula is C12H15N5O2. The Kier molecular flexibility index (Phi) is 4.09. The van der Waals surface area contributed by atoms with Crippen LogP contribution in [0.3, 0.4) is 0 Å². The van der Waals surface area contributed by atoms with Crippen LogP contribution in [-0.2, 0) is 6.42 Å². The molecule has 1 heterocycles. The first-order chi connectivity index (χ1) is 9.19. The number of aromatic amines is 1. The normalized spacial score (nSPS) is 12.1. The van der Waals surface area contributed by atoms with Gasteiger partial charge in [-0.3, -0.25) is 9.89 Å². The number of benzene rings is 1. The molecule has 2 aromatic rings. The molecule has 0 spiro atoms. The summed E-state index contributed by atoms with van der Waals surface area (Å²) in [6.07, 6.45) is 0.534. The molecule has 7 nitrogen and oxygen atoms in total. The van der Waals surface area contributed by atoms with Crippen molar-refractivity contribution in [2.75, 3.05) is 12.3 Å². The van der Waals surface area contributed by atoms with E-state index in [1.807, 2.05) is 30.3 Å². The zero-order valence-electron chi connectivity index (χ0n) is 10.2. The SMILES string of the molecule is Nc1n[nH]c(C(=O)N[C@@H](CO)Cc2ccccc2)n1. The van der Waals surface area contributed by atoms with E-state index in [0.29, 0.717) is 6.42 Å². The van der Waals surface area contributed by atoms with Gasteiger partial charge in [0.15, 0.2) is 0 Å². The van der Waals surface area contributed by atoms with E-state index in [-0.39, 0.29) is 24.4 Å². The molecular weight excluding hydrogens is 246 g/mol. The molecule has 19 heavy (non-hydrogen) atoms. The molecule has 1 aromatic carbocycles. The zero-order chi connectivity index (χ0) is 13.7. The number of nitrogen functional groups attached to an aromatic ring is 1. The zero-order valence-corrected chi connectivity index (χ0v) is 10.2. The predicted octanol–water partition coefficient (Wildman–Crippen LogP) is -0.280. The molecule has 0 fully saturated rings. The van der Waals surface area contributed by atoms with Crippen molar-refractivity contribution in [2.45, 2.75) is 12.5 Å². The van der Waals surface area contributed by atoms with Gasteiger partial charge in [0.05, 0.1) is 12.6 Å². The largest absolute Gasteiger partial charge is 0.394 e. The quantitative estimate of drug-likeness (QED) is 0.590. The highest BCUT2D eigenvalue weighted by Gasteiger charge is 2.16. The molecule has 5 N–H and O–H groups in total. The van der Waals surface area contributed by atoms with Crippen molar-refractivity contribution in [3.05, 3.63) is 41.7 Å². The van der Waals surface area contributed by atoms with E-state index >= 15 is 0 Å². The van der Waals surface area contributed by atoms with Gasteiger partial charge in [-0.2, -0.15) is 4.98 Å². The second-order valence-electron chi connectivity index (χ2n) is 4.08. The number of anilines is 1. The Morgan fingerprint density at radius 2 is 2.16 bits per heavy atom. The van der Waals surface area contributed by atoms with Crippen LogP contribution in [-0.4, -0.2) is 38.8 Å². The van der Waals surface area contributed by atoms with E-state index in [9.17, 15) is 9.90 Å². The number of nitrogens with one attached hydrogen (secondary N) is 2. The van der Waals surface area contributed by atoms with Crippen molar-refractivity contribution in [1.29, 1.82) is 0 Å². The summed E-state index contributed by atoms with van der Waals surface area (Å²) in [5, 5.41) is 18.0. The molecule has 1 atom stereocenters. The summed E-state index contributed by atoms with van der Waals surface area (Å²) in [4.78, 5) is 15.5. The predicted molar refractivity (Wildman–Crippen MR) is 69.3 cm³/mol. The summed E-state index contributed by atoms with van der Waals surface area (Å²) >= 11 is 0. The van der Waals surface area contributed by atoms with Crippen LogP contribution in [0.2, 0.25) is 0 Å².